The van der Waals surface area contributed by atoms with Crippen LogP contribution in [0.4, 0.5) is 10.1 Å². The predicted octanol–water partition coefficient (Wildman–Crippen LogP) is 4.15. The second-order valence-electron chi connectivity index (χ2n) is 5.02. The fraction of sp³-hybridized carbons (Fsp3) is 0.176. The molecule has 0 saturated heterocycles. The molecule has 2 rings (SSSR count). The van der Waals surface area contributed by atoms with Gasteiger partial charge in [0.1, 0.15) is 5.82 Å². The average Bonchev–Trinajstić information content (AvgIpc) is 2.50. The molecule has 2 aromatic rings. The molecule has 0 unspecified atom stereocenters. The maximum absolute atomic E-state index is 12.9. The number of aryl methyl sites for hydroxylation is 1. The largest absolute Gasteiger partial charge is 0.331 e. The van der Waals surface area contributed by atoms with E-state index in [0.29, 0.717) is 5.11 Å². The first-order valence-corrected chi connectivity index (χ1v) is 7.31. The number of hydrogen-bond donors (Lipinski definition) is 2. The molecule has 0 aliphatic rings. The Bertz CT molecular complexity index is 708. The first kappa shape index (κ1) is 16.1. The fourth-order valence-electron chi connectivity index (χ4n) is 1.93. The van der Waals surface area contributed by atoms with E-state index < -0.39 is 0 Å². The van der Waals surface area contributed by atoms with E-state index in [1.165, 1.54) is 17.7 Å². The van der Waals surface area contributed by atoms with E-state index in [1.54, 1.807) is 12.1 Å². The van der Waals surface area contributed by atoms with Gasteiger partial charge in [-0.25, -0.2) is 4.39 Å². The summed E-state index contributed by atoms with van der Waals surface area (Å²) in [5, 5.41) is 7.75. The number of thiocarbonyl (C=S) groups is 1. The molecule has 22 heavy (non-hydrogen) atoms. The smallest absolute Gasteiger partial charge is 0.191 e. The summed E-state index contributed by atoms with van der Waals surface area (Å²) in [7, 11) is 0. The third-order valence-electron chi connectivity index (χ3n) is 3.44. The van der Waals surface area contributed by atoms with E-state index in [0.717, 1.165) is 22.5 Å². The van der Waals surface area contributed by atoms with E-state index in [1.807, 2.05) is 39.0 Å². The van der Waals surface area contributed by atoms with Gasteiger partial charge in [0.2, 0.25) is 0 Å². The molecule has 5 heteroatoms. The molecule has 0 saturated carbocycles. The highest BCUT2D eigenvalue weighted by Crippen LogP contribution is 2.17. The molecule has 0 aliphatic carbocycles. The van der Waals surface area contributed by atoms with Gasteiger partial charge in [-0.1, -0.05) is 24.3 Å². The molecule has 3 nitrogen and oxygen atoms in total. The van der Waals surface area contributed by atoms with Crippen LogP contribution in [-0.4, -0.2) is 10.8 Å². The van der Waals surface area contributed by atoms with E-state index in [4.69, 9.17) is 12.2 Å². The monoisotopic (exact) mass is 315 g/mol. The Labute approximate surface area is 135 Å². The lowest BCUT2D eigenvalue weighted by molar-refractivity contribution is 0.628. The van der Waals surface area contributed by atoms with Crippen LogP contribution in [0.15, 0.2) is 47.6 Å². The zero-order chi connectivity index (χ0) is 16.1. The molecule has 0 aromatic heterocycles. The van der Waals surface area contributed by atoms with Gasteiger partial charge in [-0.05, 0) is 67.9 Å². The third kappa shape index (κ3) is 4.11. The van der Waals surface area contributed by atoms with Crippen LogP contribution >= 0.6 is 12.2 Å². The Morgan fingerprint density at radius 2 is 1.77 bits per heavy atom. The standard InChI is InChI=1S/C17H18FN3S/c1-11-5-4-6-16(12(11)2)19-17(22)21-20-13(3)14-7-9-15(18)10-8-14/h4-10H,1-3H3,(H2,19,21,22)/b20-13-. The van der Waals surface area contributed by atoms with Crippen LogP contribution in [0.1, 0.15) is 23.6 Å². The molecule has 0 amide bonds. The molecular weight excluding hydrogens is 297 g/mol. The fourth-order valence-corrected chi connectivity index (χ4v) is 2.08. The molecule has 0 spiro atoms. The minimum atomic E-state index is -0.267. The SMILES string of the molecule is C/C(=N/NC(=S)Nc1cccc(C)c1C)c1ccc(F)cc1. The molecule has 0 bridgehead atoms. The second kappa shape index (κ2) is 7.13. The van der Waals surface area contributed by atoms with Gasteiger partial charge in [0, 0.05) is 5.69 Å². The number of halogens is 1. The van der Waals surface area contributed by atoms with Crippen molar-refractivity contribution in [1.29, 1.82) is 0 Å². The van der Waals surface area contributed by atoms with Gasteiger partial charge in [0.15, 0.2) is 5.11 Å². The zero-order valence-electron chi connectivity index (χ0n) is 12.8. The Balaban J connectivity index is 2.01. The van der Waals surface area contributed by atoms with E-state index in [2.05, 4.69) is 15.8 Å². The van der Waals surface area contributed by atoms with Gasteiger partial charge in [-0.3, -0.25) is 5.43 Å². The number of anilines is 1. The molecular formula is C17H18FN3S. The summed E-state index contributed by atoms with van der Waals surface area (Å²) in [6.07, 6.45) is 0. The molecule has 0 atom stereocenters. The van der Waals surface area contributed by atoms with Gasteiger partial charge in [0.05, 0.1) is 5.71 Å². The maximum atomic E-state index is 12.9. The van der Waals surface area contributed by atoms with Gasteiger partial charge >= 0.3 is 0 Å². The maximum Gasteiger partial charge on any atom is 0.191 e. The number of nitrogens with zero attached hydrogens (tertiary/aromatic N) is 1. The zero-order valence-corrected chi connectivity index (χ0v) is 13.6. The van der Waals surface area contributed by atoms with Crippen molar-refractivity contribution in [2.45, 2.75) is 20.8 Å². The molecule has 0 heterocycles. The summed E-state index contributed by atoms with van der Waals surface area (Å²) < 4.78 is 12.9. The highest BCUT2D eigenvalue weighted by Gasteiger charge is 2.03. The topological polar surface area (TPSA) is 36.4 Å². The van der Waals surface area contributed by atoms with Crippen LogP contribution in [0.2, 0.25) is 0 Å². The minimum absolute atomic E-state index is 0.267. The van der Waals surface area contributed by atoms with Gasteiger partial charge in [-0.15, -0.1) is 0 Å². The minimum Gasteiger partial charge on any atom is -0.331 e. The second-order valence-corrected chi connectivity index (χ2v) is 5.43. The summed E-state index contributed by atoms with van der Waals surface area (Å²) in [6, 6.07) is 12.1. The Hall–Kier alpha value is -2.27. The van der Waals surface area contributed by atoms with Crippen molar-refractivity contribution in [3.63, 3.8) is 0 Å². The van der Waals surface area contributed by atoms with Crippen molar-refractivity contribution >= 4 is 28.7 Å². The predicted molar refractivity (Wildman–Crippen MR) is 93.9 cm³/mol. The third-order valence-corrected chi connectivity index (χ3v) is 3.63. The quantitative estimate of drug-likeness (QED) is 0.507. The van der Waals surface area contributed by atoms with Gasteiger partial charge < -0.3 is 5.32 Å². The first-order valence-electron chi connectivity index (χ1n) is 6.91. The molecule has 0 fully saturated rings. The normalized spacial score (nSPS) is 11.2. The summed E-state index contributed by atoms with van der Waals surface area (Å²) in [4.78, 5) is 0. The first-order chi connectivity index (χ1) is 10.5. The van der Waals surface area contributed by atoms with Crippen molar-refractivity contribution in [3.8, 4) is 0 Å². The van der Waals surface area contributed by atoms with E-state index in [9.17, 15) is 4.39 Å². The average molecular weight is 315 g/mol. The number of rotatable bonds is 3. The lowest BCUT2D eigenvalue weighted by Crippen LogP contribution is -2.25. The molecule has 114 valence electrons. The van der Waals surface area contributed by atoms with Crippen LogP contribution in [0, 0.1) is 19.7 Å². The Kier molecular flexibility index (Phi) is 5.22. The van der Waals surface area contributed by atoms with Crippen LogP contribution in [0.3, 0.4) is 0 Å². The van der Waals surface area contributed by atoms with Crippen molar-refractivity contribution in [1.82, 2.24) is 5.43 Å². The summed E-state index contributed by atoms with van der Waals surface area (Å²) in [6.45, 7) is 5.92. The van der Waals surface area contributed by atoms with Crippen LogP contribution in [0.25, 0.3) is 0 Å². The molecule has 2 N–H and O–H groups in total. The van der Waals surface area contributed by atoms with Crippen LogP contribution in [0.5, 0.6) is 0 Å². The van der Waals surface area contributed by atoms with E-state index >= 15 is 0 Å². The molecule has 0 aliphatic heterocycles. The van der Waals surface area contributed by atoms with Crippen molar-refractivity contribution in [3.05, 3.63) is 65.0 Å². The van der Waals surface area contributed by atoms with Crippen molar-refractivity contribution < 1.29 is 4.39 Å². The number of nitrogens with one attached hydrogen (secondary N) is 2. The van der Waals surface area contributed by atoms with Gasteiger partial charge in [-0.2, -0.15) is 5.10 Å². The molecule has 2 aromatic carbocycles. The summed E-state index contributed by atoms with van der Waals surface area (Å²) >= 11 is 5.24. The van der Waals surface area contributed by atoms with Crippen molar-refractivity contribution in [2.24, 2.45) is 5.10 Å². The lowest BCUT2D eigenvalue weighted by Gasteiger charge is -2.12. The highest BCUT2D eigenvalue weighted by molar-refractivity contribution is 7.80. The highest BCUT2D eigenvalue weighted by atomic mass is 32.1. The number of benzene rings is 2. The van der Waals surface area contributed by atoms with Gasteiger partial charge in [0.25, 0.3) is 0 Å². The van der Waals surface area contributed by atoms with Crippen molar-refractivity contribution in [2.75, 3.05) is 5.32 Å². The summed E-state index contributed by atoms with van der Waals surface area (Å²) in [5.41, 5.74) is 7.66. The Morgan fingerprint density at radius 1 is 1.09 bits per heavy atom. The Morgan fingerprint density at radius 3 is 2.45 bits per heavy atom. The number of hydrogen-bond acceptors (Lipinski definition) is 2. The summed E-state index contributed by atoms with van der Waals surface area (Å²) in [5.74, 6) is -0.267. The van der Waals surface area contributed by atoms with Crippen LogP contribution in [-0.2, 0) is 0 Å². The molecule has 0 radical (unpaired) electrons. The lowest BCUT2D eigenvalue weighted by atomic mass is 10.1. The number of hydrazone groups is 1. The van der Waals surface area contributed by atoms with E-state index in [-0.39, 0.29) is 5.82 Å². The van der Waals surface area contributed by atoms with Crippen LogP contribution < -0.4 is 10.7 Å².